The highest BCUT2D eigenvalue weighted by molar-refractivity contribution is 5.36. The maximum Gasteiger partial charge on any atom is 0.0644 e. The lowest BCUT2D eigenvalue weighted by Gasteiger charge is -2.30. The van der Waals surface area contributed by atoms with Crippen LogP contribution in [0.4, 0.5) is 0 Å². The predicted molar refractivity (Wildman–Crippen MR) is 56.7 cm³/mol. The minimum absolute atomic E-state index is 0.0638. The van der Waals surface area contributed by atoms with Crippen molar-refractivity contribution in [3.8, 4) is 0 Å². The fourth-order valence-corrected chi connectivity index (χ4v) is 4.52. The molecule has 1 N–H and O–H groups in total. The molecule has 0 aromatic heterocycles. The predicted octanol–water partition coefficient (Wildman–Crippen LogP) is 2.53. The summed E-state index contributed by atoms with van der Waals surface area (Å²) in [7, 11) is 0. The summed E-state index contributed by atoms with van der Waals surface area (Å²) in [6.07, 6.45) is 6.73. The van der Waals surface area contributed by atoms with Gasteiger partial charge in [-0.15, -0.1) is 6.58 Å². The van der Waals surface area contributed by atoms with Crippen molar-refractivity contribution in [3.05, 3.63) is 24.8 Å². The summed E-state index contributed by atoms with van der Waals surface area (Å²) in [5.41, 5.74) is 1.68. The van der Waals surface area contributed by atoms with Gasteiger partial charge in [0, 0.05) is 5.92 Å². The molecule has 0 aliphatic heterocycles. The first-order valence-corrected chi connectivity index (χ1v) is 5.69. The van der Waals surface area contributed by atoms with Gasteiger partial charge in [0.05, 0.1) is 6.10 Å². The van der Waals surface area contributed by atoms with Crippen LogP contribution >= 0.6 is 0 Å². The Labute approximate surface area is 85.5 Å². The van der Waals surface area contributed by atoms with E-state index in [9.17, 15) is 5.11 Å². The molecular weight excluding hydrogens is 172 g/mol. The fourth-order valence-electron chi connectivity index (χ4n) is 4.52. The first-order valence-electron chi connectivity index (χ1n) is 5.69. The van der Waals surface area contributed by atoms with Crippen LogP contribution in [0.1, 0.15) is 25.7 Å². The van der Waals surface area contributed by atoms with Crippen molar-refractivity contribution in [1.82, 2.24) is 0 Å². The maximum atomic E-state index is 10.1. The normalized spacial score (nSPS) is 53.4. The van der Waals surface area contributed by atoms with Gasteiger partial charge in [-0.1, -0.05) is 18.2 Å². The topological polar surface area (TPSA) is 20.2 Å². The molecule has 1 heteroatoms. The molecule has 0 heterocycles. The zero-order chi connectivity index (χ0) is 9.92. The number of hydrogen-bond acceptors (Lipinski definition) is 1. The standard InChI is InChI=1S/C13H18O/c1-3-4-5-13-7-9-6-10(13)12(14)11(9)8(13)2/h3,9-12,14H,1-2,4-7H2/t9-,10-,11-,12-,13+/m0/s1. The lowest BCUT2D eigenvalue weighted by Crippen LogP contribution is -2.27. The van der Waals surface area contributed by atoms with E-state index in [-0.39, 0.29) is 6.10 Å². The van der Waals surface area contributed by atoms with Gasteiger partial charge in [-0.25, -0.2) is 0 Å². The third-order valence-corrected chi connectivity index (χ3v) is 5.02. The molecule has 0 unspecified atom stereocenters. The van der Waals surface area contributed by atoms with E-state index in [1.165, 1.54) is 24.8 Å². The van der Waals surface area contributed by atoms with Crippen LogP contribution in [0.25, 0.3) is 0 Å². The first-order chi connectivity index (χ1) is 6.70. The van der Waals surface area contributed by atoms with E-state index in [0.717, 1.165) is 12.3 Å². The number of aliphatic hydroxyl groups is 1. The van der Waals surface area contributed by atoms with E-state index >= 15 is 0 Å². The summed E-state index contributed by atoms with van der Waals surface area (Å²) in [5.74, 6) is 1.74. The first kappa shape index (κ1) is 8.72. The smallest absolute Gasteiger partial charge is 0.0644 e. The summed E-state index contributed by atoms with van der Waals surface area (Å²) in [6.45, 7) is 8.03. The van der Waals surface area contributed by atoms with E-state index in [1.807, 2.05) is 6.08 Å². The van der Waals surface area contributed by atoms with Crippen LogP contribution in [0.5, 0.6) is 0 Å². The molecule has 4 saturated carbocycles. The van der Waals surface area contributed by atoms with Crippen molar-refractivity contribution in [2.24, 2.45) is 23.2 Å². The number of aliphatic hydroxyl groups excluding tert-OH is 1. The Morgan fingerprint density at radius 3 is 2.86 bits per heavy atom. The molecule has 0 amide bonds. The van der Waals surface area contributed by atoms with Crippen LogP contribution in [0.15, 0.2) is 24.8 Å². The van der Waals surface area contributed by atoms with Gasteiger partial charge in [-0.2, -0.15) is 0 Å². The molecule has 0 aromatic rings. The molecule has 4 aliphatic rings. The highest BCUT2D eigenvalue weighted by atomic mass is 16.3. The van der Waals surface area contributed by atoms with Crippen molar-refractivity contribution in [2.45, 2.75) is 31.8 Å². The summed E-state index contributed by atoms with van der Waals surface area (Å²) in [4.78, 5) is 0. The molecule has 0 aromatic carbocycles. The Hall–Kier alpha value is -0.560. The van der Waals surface area contributed by atoms with Gasteiger partial charge in [0.25, 0.3) is 0 Å². The van der Waals surface area contributed by atoms with Crippen LogP contribution in [0.3, 0.4) is 0 Å². The molecule has 0 spiro atoms. The van der Waals surface area contributed by atoms with Crippen LogP contribution < -0.4 is 0 Å². The SMILES string of the molecule is C=CCC[C@]12C[C@@H]3C[C@H]1[C@H](O)[C@H]3C2=C. The largest absolute Gasteiger partial charge is 0.392 e. The molecule has 4 bridgehead atoms. The van der Waals surface area contributed by atoms with Gasteiger partial charge in [-0.05, 0) is 42.9 Å². The molecule has 0 saturated heterocycles. The van der Waals surface area contributed by atoms with Gasteiger partial charge in [-0.3, -0.25) is 0 Å². The van der Waals surface area contributed by atoms with Gasteiger partial charge in [0.2, 0.25) is 0 Å². The molecule has 4 aliphatic carbocycles. The third-order valence-electron chi connectivity index (χ3n) is 5.02. The number of rotatable bonds is 3. The second kappa shape index (κ2) is 2.52. The van der Waals surface area contributed by atoms with Gasteiger partial charge in [0.1, 0.15) is 0 Å². The van der Waals surface area contributed by atoms with Gasteiger partial charge in [0.15, 0.2) is 0 Å². The Morgan fingerprint density at radius 1 is 1.57 bits per heavy atom. The summed E-state index contributed by atoms with van der Waals surface area (Å²) in [5, 5.41) is 10.1. The molecule has 14 heavy (non-hydrogen) atoms. The zero-order valence-electron chi connectivity index (χ0n) is 8.58. The lowest BCUT2D eigenvalue weighted by molar-refractivity contribution is 0.0731. The summed E-state index contributed by atoms with van der Waals surface area (Å²) in [6, 6.07) is 0. The molecule has 4 fully saturated rings. The quantitative estimate of drug-likeness (QED) is 0.678. The van der Waals surface area contributed by atoms with Crippen molar-refractivity contribution in [1.29, 1.82) is 0 Å². The maximum absolute atomic E-state index is 10.1. The average molecular weight is 190 g/mol. The van der Waals surface area contributed by atoms with Crippen molar-refractivity contribution >= 4 is 0 Å². The second-order valence-corrected chi connectivity index (χ2v) is 5.33. The Kier molecular flexibility index (Phi) is 1.57. The molecular formula is C13H18O. The van der Waals surface area contributed by atoms with E-state index in [0.29, 0.717) is 17.3 Å². The molecule has 1 nitrogen and oxygen atoms in total. The summed E-state index contributed by atoms with van der Waals surface area (Å²) < 4.78 is 0. The second-order valence-electron chi connectivity index (χ2n) is 5.33. The highest BCUT2D eigenvalue weighted by Gasteiger charge is 2.69. The zero-order valence-corrected chi connectivity index (χ0v) is 8.58. The minimum Gasteiger partial charge on any atom is -0.392 e. The Morgan fingerprint density at radius 2 is 2.36 bits per heavy atom. The summed E-state index contributed by atoms with van der Waals surface area (Å²) >= 11 is 0. The highest BCUT2D eigenvalue weighted by Crippen LogP contribution is 2.73. The van der Waals surface area contributed by atoms with E-state index in [1.54, 1.807) is 0 Å². The van der Waals surface area contributed by atoms with Gasteiger partial charge < -0.3 is 5.11 Å². The van der Waals surface area contributed by atoms with Crippen LogP contribution in [0.2, 0.25) is 0 Å². The van der Waals surface area contributed by atoms with Gasteiger partial charge >= 0.3 is 0 Å². The van der Waals surface area contributed by atoms with Crippen LogP contribution in [0, 0.1) is 23.2 Å². The number of allylic oxidation sites excluding steroid dienone is 1. The average Bonchev–Trinajstić information content (AvgIpc) is 2.80. The van der Waals surface area contributed by atoms with E-state index in [4.69, 9.17) is 0 Å². The van der Waals surface area contributed by atoms with Crippen LogP contribution in [-0.2, 0) is 0 Å². The number of hydrogen-bond donors (Lipinski definition) is 1. The van der Waals surface area contributed by atoms with Crippen molar-refractivity contribution in [3.63, 3.8) is 0 Å². The Bertz CT molecular complexity index is 304. The molecule has 0 radical (unpaired) electrons. The van der Waals surface area contributed by atoms with E-state index < -0.39 is 0 Å². The molecule has 4 rings (SSSR count). The lowest BCUT2D eigenvalue weighted by atomic mass is 9.74. The Balaban J connectivity index is 1.94. The van der Waals surface area contributed by atoms with E-state index in [2.05, 4.69) is 13.2 Å². The van der Waals surface area contributed by atoms with Crippen molar-refractivity contribution < 1.29 is 5.11 Å². The van der Waals surface area contributed by atoms with Crippen LogP contribution in [-0.4, -0.2) is 11.2 Å². The molecule has 76 valence electrons. The third kappa shape index (κ3) is 0.726. The molecule has 5 atom stereocenters. The minimum atomic E-state index is -0.0638. The monoisotopic (exact) mass is 190 g/mol. The van der Waals surface area contributed by atoms with Crippen molar-refractivity contribution in [2.75, 3.05) is 0 Å². The fraction of sp³-hybridized carbons (Fsp3) is 0.692.